The second kappa shape index (κ2) is 6.94. The van der Waals surface area contributed by atoms with Crippen LogP contribution in [0.3, 0.4) is 0 Å². The Morgan fingerprint density at radius 3 is 2.00 bits per heavy atom. The van der Waals surface area contributed by atoms with Crippen LogP contribution in [0.1, 0.15) is 34.3 Å². The number of hydrogen-bond acceptors (Lipinski definition) is 2. The molecule has 0 N–H and O–H groups in total. The largest absolute Gasteiger partial charge is 0.349 e. The first-order valence-corrected chi connectivity index (χ1v) is 8.76. The van der Waals surface area contributed by atoms with Crippen LogP contribution in [0.25, 0.3) is 0 Å². The molecule has 0 aliphatic carbocycles. The summed E-state index contributed by atoms with van der Waals surface area (Å²) in [5, 5.41) is 0. The van der Waals surface area contributed by atoms with Crippen LogP contribution in [0, 0.1) is 6.92 Å². The maximum absolute atomic E-state index is 4.86. The predicted octanol–water partition coefficient (Wildman–Crippen LogP) is 5.32. The van der Waals surface area contributed by atoms with Gasteiger partial charge in [-0.25, -0.2) is 0 Å². The van der Waals surface area contributed by atoms with Gasteiger partial charge in [-0.1, -0.05) is 90.5 Å². The molecule has 1 heterocycles. The molecule has 0 unspecified atom stereocenters. The quantitative estimate of drug-likeness (QED) is 0.633. The average Bonchev–Trinajstić information content (AvgIpc) is 3.08. The summed E-state index contributed by atoms with van der Waals surface area (Å²) >= 11 is 0. The van der Waals surface area contributed by atoms with Gasteiger partial charge in [-0.3, -0.25) is 4.99 Å². The van der Waals surface area contributed by atoms with E-state index < -0.39 is 0 Å². The van der Waals surface area contributed by atoms with Gasteiger partial charge in [0.2, 0.25) is 0 Å². The van der Waals surface area contributed by atoms with Crippen molar-refractivity contribution < 1.29 is 0 Å². The summed E-state index contributed by atoms with van der Waals surface area (Å²) in [6, 6.07) is 30.4. The van der Waals surface area contributed by atoms with Gasteiger partial charge in [0, 0.05) is 6.54 Å². The summed E-state index contributed by atoms with van der Waals surface area (Å²) in [6.07, 6.45) is 2.02. The van der Waals surface area contributed by atoms with Crippen LogP contribution in [0.4, 0.5) is 0 Å². The van der Waals surface area contributed by atoms with Crippen molar-refractivity contribution in [2.45, 2.75) is 25.6 Å². The molecule has 2 heteroatoms. The van der Waals surface area contributed by atoms with Crippen molar-refractivity contribution in [1.29, 1.82) is 0 Å². The molecule has 1 aliphatic heterocycles. The highest BCUT2D eigenvalue weighted by Crippen LogP contribution is 2.40. The number of rotatable bonds is 4. The fraction of sp³-hybridized carbons (Fsp3) is 0.174. The molecule has 4 rings (SSSR count). The topological polar surface area (TPSA) is 15.6 Å². The van der Waals surface area contributed by atoms with Gasteiger partial charge >= 0.3 is 0 Å². The van der Waals surface area contributed by atoms with E-state index >= 15 is 0 Å². The Morgan fingerprint density at radius 2 is 1.36 bits per heavy atom. The molecular formula is C23H22N2. The van der Waals surface area contributed by atoms with Gasteiger partial charge in [0.15, 0.2) is 0 Å². The average molecular weight is 326 g/mol. The van der Waals surface area contributed by atoms with Crippen molar-refractivity contribution in [3.63, 3.8) is 0 Å². The zero-order valence-electron chi connectivity index (χ0n) is 14.4. The number of aliphatic imine (C=N–C) groups is 1. The lowest BCUT2D eigenvalue weighted by Crippen LogP contribution is -2.25. The Hall–Kier alpha value is -2.87. The molecule has 0 amide bonds. The van der Waals surface area contributed by atoms with Crippen LogP contribution in [0.15, 0.2) is 89.9 Å². The fourth-order valence-corrected chi connectivity index (χ4v) is 3.48. The third-order valence-electron chi connectivity index (χ3n) is 4.80. The summed E-state index contributed by atoms with van der Waals surface area (Å²) in [4.78, 5) is 7.22. The molecule has 25 heavy (non-hydrogen) atoms. The molecule has 0 saturated carbocycles. The normalized spacial score (nSPS) is 19.3. The second-order valence-electron chi connectivity index (χ2n) is 6.63. The minimum atomic E-state index is 0.133. The maximum Gasteiger partial charge on any atom is 0.101 e. The summed E-state index contributed by atoms with van der Waals surface area (Å²) in [6.45, 7) is 2.99. The highest BCUT2D eigenvalue weighted by Gasteiger charge is 2.32. The number of benzene rings is 3. The summed E-state index contributed by atoms with van der Waals surface area (Å²) < 4.78 is 0. The first-order valence-electron chi connectivity index (χ1n) is 8.76. The van der Waals surface area contributed by atoms with E-state index in [1.807, 2.05) is 6.34 Å². The molecule has 0 bridgehead atoms. The number of hydrogen-bond donors (Lipinski definition) is 0. The van der Waals surface area contributed by atoms with E-state index in [0.717, 1.165) is 6.54 Å². The molecule has 3 aromatic rings. The second-order valence-corrected chi connectivity index (χ2v) is 6.63. The van der Waals surface area contributed by atoms with Crippen molar-refractivity contribution in [1.82, 2.24) is 4.90 Å². The van der Waals surface area contributed by atoms with Crippen molar-refractivity contribution in [2.75, 3.05) is 0 Å². The van der Waals surface area contributed by atoms with E-state index in [1.165, 1.54) is 22.3 Å². The van der Waals surface area contributed by atoms with Crippen molar-refractivity contribution >= 4 is 6.34 Å². The van der Waals surface area contributed by atoms with Crippen molar-refractivity contribution in [3.8, 4) is 0 Å². The van der Waals surface area contributed by atoms with Gasteiger partial charge < -0.3 is 4.90 Å². The van der Waals surface area contributed by atoms with E-state index in [9.17, 15) is 0 Å². The molecule has 2 nitrogen and oxygen atoms in total. The number of nitrogens with zero attached hydrogens (tertiary/aromatic N) is 2. The first-order chi connectivity index (χ1) is 12.3. The Balaban J connectivity index is 1.66. The van der Waals surface area contributed by atoms with E-state index in [1.54, 1.807) is 0 Å². The minimum Gasteiger partial charge on any atom is -0.349 e. The third-order valence-corrected chi connectivity index (χ3v) is 4.80. The maximum atomic E-state index is 4.86. The molecule has 124 valence electrons. The monoisotopic (exact) mass is 326 g/mol. The van der Waals surface area contributed by atoms with Crippen LogP contribution in [-0.2, 0) is 6.54 Å². The first kappa shape index (κ1) is 15.6. The van der Waals surface area contributed by atoms with Crippen molar-refractivity contribution in [3.05, 3.63) is 107 Å². The highest BCUT2D eigenvalue weighted by atomic mass is 15.2. The van der Waals surface area contributed by atoms with Gasteiger partial charge in [0.1, 0.15) is 6.04 Å². The molecule has 1 aliphatic rings. The van der Waals surface area contributed by atoms with Crippen LogP contribution in [0.2, 0.25) is 0 Å². The van der Waals surface area contributed by atoms with Gasteiger partial charge in [-0.15, -0.1) is 0 Å². The Morgan fingerprint density at radius 1 is 0.760 bits per heavy atom. The SMILES string of the molecule is Cc1ccc(CN2C=N[C@@H](c3ccccc3)[C@H]2c2ccccc2)cc1. The van der Waals surface area contributed by atoms with Crippen LogP contribution >= 0.6 is 0 Å². The smallest absolute Gasteiger partial charge is 0.101 e. The minimum absolute atomic E-state index is 0.133. The summed E-state index contributed by atoms with van der Waals surface area (Å²) in [7, 11) is 0. The zero-order chi connectivity index (χ0) is 17.1. The predicted molar refractivity (Wildman–Crippen MR) is 104 cm³/mol. The standard InChI is InChI=1S/C23H22N2/c1-18-12-14-19(15-13-18)16-25-17-24-22(20-8-4-2-5-9-20)23(25)21-10-6-3-7-11-21/h2-15,17,22-23H,16H2,1H3/t22-,23+/m0/s1. The number of aryl methyl sites for hydroxylation is 1. The molecule has 0 saturated heterocycles. The Bertz CT molecular complexity index is 838. The summed E-state index contributed by atoms with van der Waals surface area (Å²) in [5.41, 5.74) is 5.17. The molecular weight excluding hydrogens is 304 g/mol. The van der Waals surface area contributed by atoms with E-state index in [0.29, 0.717) is 0 Å². The lowest BCUT2D eigenvalue weighted by molar-refractivity contribution is 0.310. The van der Waals surface area contributed by atoms with E-state index in [4.69, 9.17) is 4.99 Å². The lowest BCUT2D eigenvalue weighted by Gasteiger charge is -2.29. The molecule has 0 aromatic heterocycles. The third kappa shape index (κ3) is 3.34. The van der Waals surface area contributed by atoms with E-state index in [-0.39, 0.29) is 12.1 Å². The molecule has 2 atom stereocenters. The van der Waals surface area contributed by atoms with Crippen LogP contribution < -0.4 is 0 Å². The van der Waals surface area contributed by atoms with Crippen molar-refractivity contribution in [2.24, 2.45) is 4.99 Å². The van der Waals surface area contributed by atoms with Gasteiger partial charge in [-0.2, -0.15) is 0 Å². The van der Waals surface area contributed by atoms with E-state index in [2.05, 4.69) is 96.8 Å². The van der Waals surface area contributed by atoms with Gasteiger partial charge in [0.05, 0.1) is 12.4 Å². The van der Waals surface area contributed by atoms with Gasteiger partial charge in [-0.05, 0) is 23.6 Å². The molecule has 0 spiro atoms. The highest BCUT2D eigenvalue weighted by molar-refractivity contribution is 5.61. The van der Waals surface area contributed by atoms with Crippen LogP contribution in [0.5, 0.6) is 0 Å². The molecule has 3 aromatic carbocycles. The Kier molecular flexibility index (Phi) is 4.34. The Labute approximate surface area is 149 Å². The van der Waals surface area contributed by atoms with Crippen LogP contribution in [-0.4, -0.2) is 11.2 Å². The molecule has 0 fully saturated rings. The summed E-state index contributed by atoms with van der Waals surface area (Å²) in [5.74, 6) is 0. The fourth-order valence-electron chi connectivity index (χ4n) is 3.48. The molecule has 0 radical (unpaired) electrons. The van der Waals surface area contributed by atoms with Gasteiger partial charge in [0.25, 0.3) is 0 Å². The lowest BCUT2D eigenvalue weighted by atomic mass is 9.93. The zero-order valence-corrected chi connectivity index (χ0v) is 14.4.